The molecule has 0 nitrogen and oxygen atoms in total. The molecule has 0 aliphatic carbocycles. The van der Waals surface area contributed by atoms with Gasteiger partial charge in [-0.2, -0.15) is 92.2 Å². The maximum Gasteiger partial charge on any atom is 0.395 e. The van der Waals surface area contributed by atoms with Crippen molar-refractivity contribution < 1.29 is 92.2 Å². The van der Waals surface area contributed by atoms with Gasteiger partial charge in [0.2, 0.25) is 0 Å². The van der Waals surface area contributed by atoms with Crippen molar-refractivity contribution in [3.63, 3.8) is 0 Å². The predicted molar refractivity (Wildman–Crippen MR) is 431 cm³/mol. The molecule has 21 heteroatoms. The van der Waals surface area contributed by atoms with Crippen molar-refractivity contribution in [2.24, 2.45) is 155 Å². The van der Waals surface area contributed by atoms with Gasteiger partial charge < -0.3 is 0 Å². The number of hydrogen-bond acceptors (Lipinski definition) is 0. The standard InChI is InChI=1S/C17H33F3.C15H29F3.2C13H25F3.C12H23F3.C11H21F3.C9H17F3/c1-10(2)14(11(3)4)16(9,17(18,19)20)15(12(5)6)13(7)8;1-8-12(5,9-2)14(7,15(16,17)18)13(6,10-3)11-4;1-8(2)11(9(3)4)12(7,10(5)6)13(14,15)16;1-6-10(7-2)12(5,13(14,15)16)11(8-3)9-4;1-7-10(5,8-2)11(6,9(3)4)12(13,14)15;1-6-9(7-2)10(5,8(3)4)11(12,13)14;1-6(2)8(5,7(3)4)9(10,11)12/h10-15H,1-9H3;8-11H2,1-7H3;8-11H,1-7H3;10-11H,6-9H2,1-5H3;9H,7-8H2,1-6H3;8-9H,6-7H2,1-5H3;6-7H,1-5H3. The Kier molecular flexibility index (Phi) is 51.9. The zero-order valence-electron chi connectivity index (χ0n) is 78.7. The topological polar surface area (TPSA) is 0 Å². The molecule has 3 unspecified atom stereocenters. The second-order valence-electron chi connectivity index (χ2n) is 38.4. The van der Waals surface area contributed by atoms with Gasteiger partial charge in [-0.25, -0.2) is 0 Å². The molecular formula is C90H173F21. The second kappa shape index (κ2) is 46.9. The first kappa shape index (κ1) is 123. The summed E-state index contributed by atoms with van der Waals surface area (Å²) in [6.07, 6.45) is -22.0. The maximum atomic E-state index is 14.0. The molecule has 3 atom stereocenters. The smallest absolute Gasteiger partial charge is 0.170 e. The summed E-state index contributed by atoms with van der Waals surface area (Å²) in [7, 11) is 0. The fraction of sp³-hybridized carbons (Fsp3) is 1.00. The third-order valence-electron chi connectivity index (χ3n) is 30.4. The van der Waals surface area contributed by atoms with Crippen molar-refractivity contribution in [1.29, 1.82) is 0 Å². The van der Waals surface area contributed by atoms with Gasteiger partial charge in [0.1, 0.15) is 0 Å². The average Bonchev–Trinajstić information content (AvgIpc) is 0.725. The summed E-state index contributed by atoms with van der Waals surface area (Å²) in [4.78, 5) is 0. The van der Waals surface area contributed by atoms with Crippen LogP contribution in [0.1, 0.15) is 382 Å². The van der Waals surface area contributed by atoms with Crippen LogP contribution in [0.2, 0.25) is 0 Å². The van der Waals surface area contributed by atoms with Crippen LogP contribution in [0.5, 0.6) is 0 Å². The van der Waals surface area contributed by atoms with Crippen LogP contribution in [0.15, 0.2) is 0 Å². The molecule has 0 bridgehead atoms. The first-order valence-corrected chi connectivity index (χ1v) is 42.4. The fourth-order valence-corrected chi connectivity index (χ4v) is 20.2. The van der Waals surface area contributed by atoms with Gasteiger partial charge in [0.05, 0.1) is 37.9 Å². The maximum absolute atomic E-state index is 14.0. The Labute approximate surface area is 669 Å². The minimum atomic E-state index is -4.18. The van der Waals surface area contributed by atoms with Crippen LogP contribution in [-0.2, 0) is 0 Å². The molecule has 0 aromatic heterocycles. The molecular weight excluding hydrogens is 1480 g/mol. The summed E-state index contributed by atoms with van der Waals surface area (Å²) >= 11 is 0. The zero-order chi connectivity index (χ0) is 91.8. The Morgan fingerprint density at radius 1 is 0.180 bits per heavy atom. The van der Waals surface area contributed by atoms with Gasteiger partial charge in [-0.05, 0) is 162 Å². The molecule has 0 saturated carbocycles. The first-order valence-electron chi connectivity index (χ1n) is 42.4. The normalized spacial score (nSPS) is 15.8. The summed E-state index contributed by atoms with van der Waals surface area (Å²) < 4.78 is 280. The Morgan fingerprint density at radius 2 is 0.351 bits per heavy atom. The van der Waals surface area contributed by atoms with Crippen LogP contribution in [0, 0.1) is 155 Å². The van der Waals surface area contributed by atoms with Crippen LogP contribution in [0.3, 0.4) is 0 Å². The molecule has 0 aromatic carbocycles. The van der Waals surface area contributed by atoms with E-state index in [0.717, 1.165) is 0 Å². The molecule has 0 heterocycles. The lowest BCUT2D eigenvalue weighted by molar-refractivity contribution is -0.301. The Morgan fingerprint density at radius 3 is 0.432 bits per heavy atom. The van der Waals surface area contributed by atoms with Gasteiger partial charge in [0, 0.05) is 0 Å². The van der Waals surface area contributed by atoms with Crippen LogP contribution >= 0.6 is 0 Å². The van der Waals surface area contributed by atoms with E-state index in [9.17, 15) is 92.2 Å². The number of hydrogen-bond donors (Lipinski definition) is 0. The number of alkyl halides is 21. The van der Waals surface area contributed by atoms with E-state index in [4.69, 9.17) is 0 Å². The molecule has 0 aromatic rings. The number of rotatable bonds is 32. The summed E-state index contributed by atoms with van der Waals surface area (Å²) in [5, 5.41) is 0. The quantitative estimate of drug-likeness (QED) is 0.0589. The molecule has 0 rings (SSSR count). The minimum Gasteiger partial charge on any atom is -0.170 e. The van der Waals surface area contributed by atoms with Gasteiger partial charge in [-0.15, -0.1) is 0 Å². The minimum absolute atomic E-state index is 0.0154. The lowest BCUT2D eigenvalue weighted by Gasteiger charge is -2.57. The van der Waals surface area contributed by atoms with E-state index in [1.165, 1.54) is 48.5 Å². The van der Waals surface area contributed by atoms with Crippen molar-refractivity contribution in [3.05, 3.63) is 0 Å². The Hall–Kier alpha value is -1.47. The van der Waals surface area contributed by atoms with E-state index < -0.39 is 109 Å². The van der Waals surface area contributed by atoms with Gasteiger partial charge in [0.25, 0.3) is 0 Å². The van der Waals surface area contributed by atoms with E-state index in [0.29, 0.717) is 77.0 Å². The molecule has 0 spiro atoms. The van der Waals surface area contributed by atoms with E-state index >= 15 is 0 Å². The molecule has 0 saturated heterocycles. The molecule has 0 fully saturated rings. The lowest BCUT2D eigenvalue weighted by atomic mass is 9.49. The van der Waals surface area contributed by atoms with Crippen molar-refractivity contribution in [2.75, 3.05) is 0 Å². The summed E-state index contributed by atoms with van der Waals surface area (Å²) in [5.74, 6) is -3.67. The Bertz CT molecular complexity index is 2290. The van der Waals surface area contributed by atoms with Crippen LogP contribution in [-0.4, -0.2) is 43.2 Å². The SMILES string of the molecule is CC(C)C(C(C)C)C(C)(C(C(C)C)C(C)C)C(F)(F)F.CC(C)C(C(C)C)C(C)(C(C)C)C(F)(F)F.CC(C)C(C)(C(C)C)C(F)(F)F.CCC(C)(CC)C(C)(C(C)C)C(F)(F)F.CCC(C)(CC)C(C)(C(F)(F)F)C(C)(CC)CC.CCC(CC)C(C)(C(C)C)C(F)(F)F.CCC(CC)C(C)(C(CC)CC)C(F)(F)F. The van der Waals surface area contributed by atoms with Gasteiger partial charge in [0.15, 0.2) is 0 Å². The molecule has 0 N–H and O–H groups in total. The van der Waals surface area contributed by atoms with E-state index in [1.807, 2.05) is 166 Å². The summed E-state index contributed by atoms with van der Waals surface area (Å²) in [5.41, 5.74) is -13.3. The third-order valence-corrected chi connectivity index (χ3v) is 30.4. The van der Waals surface area contributed by atoms with Gasteiger partial charge in [-0.3, -0.25) is 0 Å². The second-order valence-corrected chi connectivity index (χ2v) is 38.4. The van der Waals surface area contributed by atoms with E-state index in [-0.39, 0.29) is 88.8 Å². The molecule has 111 heavy (non-hydrogen) atoms. The first-order chi connectivity index (χ1) is 48.9. The van der Waals surface area contributed by atoms with Crippen molar-refractivity contribution in [3.8, 4) is 0 Å². The highest BCUT2D eigenvalue weighted by molar-refractivity contribution is 5.06. The third kappa shape index (κ3) is 28.3. The fourth-order valence-electron chi connectivity index (χ4n) is 20.2. The lowest BCUT2D eigenvalue weighted by Crippen LogP contribution is -2.57. The highest BCUT2D eigenvalue weighted by atomic mass is 19.4. The highest BCUT2D eigenvalue weighted by Crippen LogP contribution is 2.66. The van der Waals surface area contributed by atoms with Crippen LogP contribution in [0.4, 0.5) is 92.2 Å². The molecule has 0 radical (unpaired) electrons. The molecule has 0 aliphatic heterocycles. The zero-order valence-corrected chi connectivity index (χ0v) is 78.7. The van der Waals surface area contributed by atoms with Crippen LogP contribution < -0.4 is 0 Å². The van der Waals surface area contributed by atoms with Crippen molar-refractivity contribution in [1.82, 2.24) is 0 Å². The Balaban J connectivity index is -0.000000228. The van der Waals surface area contributed by atoms with Crippen molar-refractivity contribution in [2.45, 2.75) is 425 Å². The van der Waals surface area contributed by atoms with Crippen LogP contribution in [0.25, 0.3) is 0 Å². The monoisotopic (exact) mass is 1650 g/mol. The van der Waals surface area contributed by atoms with Gasteiger partial charge >= 0.3 is 43.2 Å². The van der Waals surface area contributed by atoms with E-state index in [2.05, 4.69) is 0 Å². The average molecular weight is 1650 g/mol. The molecule has 0 aliphatic rings. The number of halogens is 21. The largest absolute Gasteiger partial charge is 0.395 e. The van der Waals surface area contributed by atoms with E-state index in [1.54, 1.807) is 90.0 Å². The van der Waals surface area contributed by atoms with Crippen molar-refractivity contribution >= 4 is 0 Å². The summed E-state index contributed by atoms with van der Waals surface area (Å²) in [6, 6.07) is 0. The molecule has 0 amide bonds. The predicted octanol–water partition coefficient (Wildman–Crippen LogP) is 36.7. The molecule has 680 valence electrons. The highest BCUT2D eigenvalue weighted by Gasteiger charge is 2.68. The summed E-state index contributed by atoms with van der Waals surface area (Å²) in [6.45, 7) is 76.7. The van der Waals surface area contributed by atoms with Gasteiger partial charge in [-0.1, -0.05) is 336 Å².